The summed E-state index contributed by atoms with van der Waals surface area (Å²) in [5.74, 6) is 0.937. The molecule has 1 atom stereocenters. The number of carbonyl (C=O) groups is 1. The van der Waals surface area contributed by atoms with Crippen molar-refractivity contribution < 1.29 is 14.3 Å². The van der Waals surface area contributed by atoms with Crippen LogP contribution < -0.4 is 0 Å². The minimum absolute atomic E-state index is 0.116. The fourth-order valence-electron chi connectivity index (χ4n) is 1.85. The first-order valence-electron chi connectivity index (χ1n) is 6.16. The highest BCUT2D eigenvalue weighted by atomic mass is 16.3. The molecule has 1 N–H and O–H groups in total. The van der Waals surface area contributed by atoms with Crippen LogP contribution in [0.3, 0.4) is 0 Å². The van der Waals surface area contributed by atoms with Gasteiger partial charge in [-0.2, -0.15) is 0 Å². The van der Waals surface area contributed by atoms with E-state index in [2.05, 4.69) is 0 Å². The van der Waals surface area contributed by atoms with Crippen molar-refractivity contribution in [2.24, 2.45) is 0 Å². The van der Waals surface area contributed by atoms with Gasteiger partial charge < -0.3 is 14.4 Å². The summed E-state index contributed by atoms with van der Waals surface area (Å²) >= 11 is 0. The van der Waals surface area contributed by atoms with E-state index in [1.807, 2.05) is 17.0 Å². The summed E-state index contributed by atoms with van der Waals surface area (Å²) < 4.78 is 5.27. The first kappa shape index (κ1) is 12.2. The van der Waals surface area contributed by atoms with E-state index in [-0.39, 0.29) is 5.91 Å². The molecule has 0 bridgehead atoms. The summed E-state index contributed by atoms with van der Waals surface area (Å²) in [7, 11) is 0. The van der Waals surface area contributed by atoms with E-state index in [0.717, 1.165) is 18.6 Å². The van der Waals surface area contributed by atoms with Gasteiger partial charge in [0, 0.05) is 12.5 Å². The van der Waals surface area contributed by atoms with E-state index in [4.69, 9.17) is 4.42 Å². The molecule has 4 heteroatoms. The fourth-order valence-corrected chi connectivity index (χ4v) is 1.85. The molecule has 0 aliphatic heterocycles. The smallest absolute Gasteiger partial charge is 0.223 e. The first-order chi connectivity index (χ1) is 8.16. The summed E-state index contributed by atoms with van der Waals surface area (Å²) in [5.41, 5.74) is 0. The van der Waals surface area contributed by atoms with Crippen LogP contribution in [0.4, 0.5) is 0 Å². The van der Waals surface area contributed by atoms with Gasteiger partial charge in [-0.1, -0.05) is 0 Å². The van der Waals surface area contributed by atoms with Crippen molar-refractivity contribution >= 4 is 5.91 Å². The summed E-state index contributed by atoms with van der Waals surface area (Å²) in [6.45, 7) is 2.26. The van der Waals surface area contributed by atoms with Crippen molar-refractivity contribution in [3.8, 4) is 0 Å². The van der Waals surface area contributed by atoms with Crippen LogP contribution in [0.2, 0.25) is 0 Å². The van der Waals surface area contributed by atoms with Gasteiger partial charge in [0.05, 0.1) is 18.9 Å². The number of aliphatic hydroxyl groups excluding tert-OH is 1. The molecule has 1 aliphatic rings. The molecule has 4 nitrogen and oxygen atoms in total. The Bertz CT molecular complexity index is 355. The van der Waals surface area contributed by atoms with Crippen molar-refractivity contribution in [1.29, 1.82) is 0 Å². The second-order valence-electron chi connectivity index (χ2n) is 4.72. The van der Waals surface area contributed by atoms with Gasteiger partial charge in [0.15, 0.2) is 0 Å². The van der Waals surface area contributed by atoms with E-state index < -0.39 is 6.10 Å². The Hall–Kier alpha value is -1.29. The predicted molar refractivity (Wildman–Crippen MR) is 63.2 cm³/mol. The summed E-state index contributed by atoms with van der Waals surface area (Å²) in [4.78, 5) is 13.9. The SMILES string of the molecule is CC(O)CCC(=O)N(Cc1ccco1)C1CC1. The molecule has 0 spiro atoms. The van der Waals surface area contributed by atoms with Crippen LogP contribution in [0.25, 0.3) is 0 Å². The quantitative estimate of drug-likeness (QED) is 0.822. The molecule has 0 saturated heterocycles. The molecule has 1 saturated carbocycles. The van der Waals surface area contributed by atoms with Crippen LogP contribution in [0.15, 0.2) is 22.8 Å². The average molecular weight is 237 g/mol. The molecule has 1 fully saturated rings. The Balaban J connectivity index is 1.90. The van der Waals surface area contributed by atoms with E-state index in [9.17, 15) is 9.90 Å². The Morgan fingerprint density at radius 2 is 2.41 bits per heavy atom. The summed E-state index contributed by atoms with van der Waals surface area (Å²) in [6, 6.07) is 4.10. The van der Waals surface area contributed by atoms with Gasteiger partial charge in [0.1, 0.15) is 5.76 Å². The van der Waals surface area contributed by atoms with Crippen LogP contribution in [0.5, 0.6) is 0 Å². The van der Waals surface area contributed by atoms with Crippen LogP contribution in [0, 0.1) is 0 Å². The van der Waals surface area contributed by atoms with E-state index in [1.54, 1.807) is 13.2 Å². The zero-order chi connectivity index (χ0) is 12.3. The third-order valence-corrected chi connectivity index (χ3v) is 2.99. The standard InChI is InChI=1S/C13H19NO3/c1-10(15)4-7-13(16)14(11-5-6-11)9-12-3-2-8-17-12/h2-3,8,10-11,15H,4-7,9H2,1H3. The van der Waals surface area contributed by atoms with Crippen LogP contribution >= 0.6 is 0 Å². The zero-order valence-corrected chi connectivity index (χ0v) is 10.1. The molecule has 1 aromatic rings. The molecular formula is C13H19NO3. The second-order valence-corrected chi connectivity index (χ2v) is 4.72. The van der Waals surface area contributed by atoms with Crippen molar-refractivity contribution in [3.63, 3.8) is 0 Å². The molecule has 1 amide bonds. The Morgan fingerprint density at radius 1 is 1.65 bits per heavy atom. The van der Waals surface area contributed by atoms with Crippen molar-refractivity contribution in [2.75, 3.05) is 0 Å². The topological polar surface area (TPSA) is 53.7 Å². The minimum Gasteiger partial charge on any atom is -0.467 e. The van der Waals surface area contributed by atoms with Crippen molar-refractivity contribution in [2.45, 2.75) is 51.3 Å². The van der Waals surface area contributed by atoms with E-state index in [0.29, 0.717) is 25.4 Å². The van der Waals surface area contributed by atoms with Gasteiger partial charge in [0.2, 0.25) is 5.91 Å². The Kier molecular flexibility index (Phi) is 3.84. The molecule has 1 heterocycles. The van der Waals surface area contributed by atoms with Gasteiger partial charge >= 0.3 is 0 Å². The van der Waals surface area contributed by atoms with Gasteiger partial charge in [-0.15, -0.1) is 0 Å². The Morgan fingerprint density at radius 3 is 2.94 bits per heavy atom. The van der Waals surface area contributed by atoms with Crippen LogP contribution in [-0.4, -0.2) is 28.1 Å². The lowest BCUT2D eigenvalue weighted by Crippen LogP contribution is -2.32. The molecule has 1 unspecified atom stereocenters. The predicted octanol–water partition coefficient (Wildman–Crippen LogP) is 1.93. The number of amides is 1. The van der Waals surface area contributed by atoms with Gasteiger partial charge in [-0.25, -0.2) is 0 Å². The maximum Gasteiger partial charge on any atom is 0.223 e. The molecule has 17 heavy (non-hydrogen) atoms. The molecular weight excluding hydrogens is 218 g/mol. The lowest BCUT2D eigenvalue weighted by atomic mass is 10.2. The van der Waals surface area contributed by atoms with Crippen molar-refractivity contribution in [3.05, 3.63) is 24.2 Å². The number of rotatable bonds is 6. The van der Waals surface area contributed by atoms with E-state index >= 15 is 0 Å². The minimum atomic E-state index is -0.413. The molecule has 1 aromatic heterocycles. The average Bonchev–Trinajstić information content (AvgIpc) is 3.00. The molecule has 94 valence electrons. The van der Waals surface area contributed by atoms with Crippen LogP contribution in [0.1, 0.15) is 38.4 Å². The zero-order valence-electron chi connectivity index (χ0n) is 10.1. The molecule has 2 rings (SSSR count). The number of aliphatic hydroxyl groups is 1. The van der Waals surface area contributed by atoms with Gasteiger partial charge in [-0.05, 0) is 38.3 Å². The lowest BCUT2D eigenvalue weighted by molar-refractivity contribution is -0.133. The number of nitrogens with zero attached hydrogens (tertiary/aromatic N) is 1. The third kappa shape index (κ3) is 3.60. The van der Waals surface area contributed by atoms with Crippen LogP contribution in [-0.2, 0) is 11.3 Å². The molecule has 0 aromatic carbocycles. The number of hydrogen-bond donors (Lipinski definition) is 1. The van der Waals surface area contributed by atoms with Gasteiger partial charge in [-0.3, -0.25) is 4.79 Å². The number of hydrogen-bond acceptors (Lipinski definition) is 3. The lowest BCUT2D eigenvalue weighted by Gasteiger charge is -2.21. The fraction of sp³-hybridized carbons (Fsp3) is 0.615. The first-order valence-corrected chi connectivity index (χ1v) is 6.16. The normalized spacial score (nSPS) is 16.8. The Labute approximate surface area is 101 Å². The number of carbonyl (C=O) groups excluding carboxylic acids is 1. The largest absolute Gasteiger partial charge is 0.467 e. The van der Waals surface area contributed by atoms with E-state index in [1.165, 1.54) is 0 Å². The number of furan rings is 1. The highest BCUT2D eigenvalue weighted by Gasteiger charge is 2.32. The van der Waals surface area contributed by atoms with Crippen molar-refractivity contribution in [1.82, 2.24) is 4.90 Å². The summed E-state index contributed by atoms with van der Waals surface area (Å²) in [5, 5.41) is 9.20. The monoisotopic (exact) mass is 237 g/mol. The maximum atomic E-state index is 12.0. The molecule has 0 radical (unpaired) electrons. The molecule has 1 aliphatic carbocycles. The third-order valence-electron chi connectivity index (χ3n) is 2.99. The van der Waals surface area contributed by atoms with Gasteiger partial charge in [0.25, 0.3) is 0 Å². The summed E-state index contributed by atoms with van der Waals surface area (Å²) in [6.07, 6.45) is 4.32. The second kappa shape index (κ2) is 5.36. The maximum absolute atomic E-state index is 12.0. The highest BCUT2D eigenvalue weighted by Crippen LogP contribution is 2.29. The highest BCUT2D eigenvalue weighted by molar-refractivity contribution is 5.76.